The maximum atomic E-state index is 13.5. The molecule has 0 bridgehead atoms. The van der Waals surface area contributed by atoms with Crippen molar-refractivity contribution in [3.8, 4) is 0 Å². The van der Waals surface area contributed by atoms with Crippen LogP contribution in [-0.4, -0.2) is 23.6 Å². The van der Waals surface area contributed by atoms with Gasteiger partial charge in [0, 0.05) is 36.2 Å². The van der Waals surface area contributed by atoms with E-state index in [0.29, 0.717) is 17.7 Å². The highest BCUT2D eigenvalue weighted by Gasteiger charge is 2.11. The van der Waals surface area contributed by atoms with Crippen molar-refractivity contribution < 1.29 is 13.6 Å². The van der Waals surface area contributed by atoms with E-state index < -0.39 is 0 Å². The monoisotopic (exact) mass is 321 g/mol. The van der Waals surface area contributed by atoms with Crippen LogP contribution in [0.25, 0.3) is 0 Å². The lowest BCUT2D eigenvalue weighted by molar-refractivity contribution is -0.129. The van der Waals surface area contributed by atoms with Crippen LogP contribution in [0.15, 0.2) is 53.4 Å². The Kier molecular flexibility index (Phi) is 5.95. The molecular formula is C17H17F2NOS. The Morgan fingerprint density at radius 1 is 1.09 bits per heavy atom. The highest BCUT2D eigenvalue weighted by atomic mass is 32.2. The number of rotatable bonds is 6. The van der Waals surface area contributed by atoms with Gasteiger partial charge < -0.3 is 4.90 Å². The van der Waals surface area contributed by atoms with E-state index in [1.165, 1.54) is 34.9 Å². The van der Waals surface area contributed by atoms with Crippen molar-refractivity contribution in [3.63, 3.8) is 0 Å². The van der Waals surface area contributed by atoms with E-state index in [2.05, 4.69) is 0 Å². The summed E-state index contributed by atoms with van der Waals surface area (Å²) in [5.41, 5.74) is 0.504. The molecule has 2 aromatic rings. The summed E-state index contributed by atoms with van der Waals surface area (Å²) in [5.74, 6) is -0.0164. The lowest BCUT2D eigenvalue weighted by Gasteiger charge is -2.17. The molecule has 2 nitrogen and oxygen atoms in total. The molecule has 0 aliphatic carbocycles. The zero-order valence-corrected chi connectivity index (χ0v) is 13.1. The normalized spacial score (nSPS) is 10.5. The van der Waals surface area contributed by atoms with E-state index in [9.17, 15) is 13.6 Å². The number of thioether (sulfide) groups is 1. The molecule has 0 heterocycles. The van der Waals surface area contributed by atoms with Gasteiger partial charge in [-0.05, 0) is 30.3 Å². The number of hydrogen-bond donors (Lipinski definition) is 0. The average Bonchev–Trinajstić information content (AvgIpc) is 2.51. The number of benzene rings is 2. The highest BCUT2D eigenvalue weighted by Crippen LogP contribution is 2.19. The smallest absolute Gasteiger partial charge is 0.223 e. The second-order valence-electron chi connectivity index (χ2n) is 4.89. The molecule has 0 saturated carbocycles. The summed E-state index contributed by atoms with van der Waals surface area (Å²) in [6.45, 7) is 0.257. The SMILES string of the molecule is CN(Cc1ccccc1F)C(=O)CCSc1ccc(F)cc1. The summed E-state index contributed by atoms with van der Waals surface area (Å²) in [4.78, 5) is 14.5. The molecule has 1 amide bonds. The van der Waals surface area contributed by atoms with Crippen molar-refractivity contribution in [3.05, 3.63) is 65.7 Å². The molecule has 0 spiro atoms. The Balaban J connectivity index is 1.79. The average molecular weight is 321 g/mol. The Labute approximate surface area is 133 Å². The number of amides is 1. The van der Waals surface area contributed by atoms with Gasteiger partial charge in [0.05, 0.1) is 0 Å². The largest absolute Gasteiger partial charge is 0.341 e. The van der Waals surface area contributed by atoms with Crippen LogP contribution < -0.4 is 0 Å². The van der Waals surface area contributed by atoms with Crippen LogP contribution in [0.5, 0.6) is 0 Å². The summed E-state index contributed by atoms with van der Waals surface area (Å²) in [7, 11) is 1.66. The summed E-state index contributed by atoms with van der Waals surface area (Å²) >= 11 is 1.50. The number of hydrogen-bond acceptors (Lipinski definition) is 2. The zero-order valence-electron chi connectivity index (χ0n) is 12.3. The van der Waals surface area contributed by atoms with Gasteiger partial charge in [-0.15, -0.1) is 11.8 Å². The predicted octanol–water partition coefficient (Wildman–Crippen LogP) is 4.11. The van der Waals surface area contributed by atoms with E-state index in [-0.39, 0.29) is 24.1 Å². The fourth-order valence-corrected chi connectivity index (χ4v) is 2.79. The van der Waals surface area contributed by atoms with Gasteiger partial charge in [0.15, 0.2) is 0 Å². The highest BCUT2D eigenvalue weighted by molar-refractivity contribution is 7.99. The van der Waals surface area contributed by atoms with Gasteiger partial charge in [0.1, 0.15) is 11.6 Å². The van der Waals surface area contributed by atoms with Crippen molar-refractivity contribution in [1.82, 2.24) is 4.90 Å². The van der Waals surface area contributed by atoms with Crippen molar-refractivity contribution >= 4 is 17.7 Å². The lowest BCUT2D eigenvalue weighted by atomic mass is 10.2. The molecule has 0 unspecified atom stereocenters. The van der Waals surface area contributed by atoms with Crippen molar-refractivity contribution in [2.75, 3.05) is 12.8 Å². The van der Waals surface area contributed by atoms with Crippen molar-refractivity contribution in [1.29, 1.82) is 0 Å². The Morgan fingerprint density at radius 3 is 2.45 bits per heavy atom. The minimum atomic E-state index is -0.303. The van der Waals surface area contributed by atoms with Gasteiger partial charge in [0.2, 0.25) is 5.91 Å². The van der Waals surface area contributed by atoms with E-state index in [1.54, 1.807) is 37.4 Å². The second kappa shape index (κ2) is 7.94. The molecule has 0 aliphatic rings. The first-order valence-corrected chi connectivity index (χ1v) is 7.90. The molecule has 0 atom stereocenters. The maximum absolute atomic E-state index is 13.5. The third-order valence-electron chi connectivity index (χ3n) is 3.19. The van der Waals surface area contributed by atoms with E-state index in [0.717, 1.165) is 4.90 Å². The van der Waals surface area contributed by atoms with Gasteiger partial charge in [-0.2, -0.15) is 0 Å². The minimum absolute atomic E-state index is 0.0436. The first kappa shape index (κ1) is 16.5. The first-order chi connectivity index (χ1) is 10.6. The van der Waals surface area contributed by atoms with Crippen LogP contribution in [0, 0.1) is 11.6 Å². The molecule has 2 rings (SSSR count). The lowest BCUT2D eigenvalue weighted by Crippen LogP contribution is -2.26. The fraction of sp³-hybridized carbons (Fsp3) is 0.235. The van der Waals surface area contributed by atoms with Crippen LogP contribution in [0.2, 0.25) is 0 Å². The number of halogens is 2. The topological polar surface area (TPSA) is 20.3 Å². The second-order valence-corrected chi connectivity index (χ2v) is 6.06. The summed E-state index contributed by atoms with van der Waals surface area (Å²) in [6, 6.07) is 12.6. The fourth-order valence-electron chi connectivity index (χ4n) is 1.95. The van der Waals surface area contributed by atoms with Crippen LogP contribution in [0.4, 0.5) is 8.78 Å². The maximum Gasteiger partial charge on any atom is 0.223 e. The van der Waals surface area contributed by atoms with Crippen molar-refractivity contribution in [2.45, 2.75) is 17.9 Å². The number of carbonyl (C=O) groups excluding carboxylic acids is 1. The summed E-state index contributed by atoms with van der Waals surface area (Å²) in [5, 5.41) is 0. The summed E-state index contributed by atoms with van der Waals surface area (Å²) in [6.07, 6.45) is 0.354. The molecule has 116 valence electrons. The standard InChI is InChI=1S/C17H17F2NOS/c1-20(12-13-4-2-3-5-16(13)19)17(21)10-11-22-15-8-6-14(18)7-9-15/h2-9H,10-12H2,1H3. The molecule has 2 aromatic carbocycles. The Morgan fingerprint density at radius 2 is 1.77 bits per heavy atom. The van der Waals surface area contributed by atoms with Gasteiger partial charge in [-0.3, -0.25) is 4.79 Å². The van der Waals surface area contributed by atoms with Crippen LogP contribution in [-0.2, 0) is 11.3 Å². The third kappa shape index (κ3) is 4.84. The van der Waals surface area contributed by atoms with Crippen molar-refractivity contribution in [2.24, 2.45) is 0 Å². The Bertz CT molecular complexity index is 631. The van der Waals surface area contributed by atoms with Crippen LogP contribution in [0.3, 0.4) is 0 Å². The number of nitrogens with zero attached hydrogens (tertiary/aromatic N) is 1. The molecule has 0 N–H and O–H groups in total. The van der Waals surface area contributed by atoms with E-state index in [1.807, 2.05) is 0 Å². The van der Waals surface area contributed by atoms with Gasteiger partial charge in [0.25, 0.3) is 0 Å². The minimum Gasteiger partial charge on any atom is -0.341 e. The van der Waals surface area contributed by atoms with E-state index in [4.69, 9.17) is 0 Å². The predicted molar refractivity (Wildman–Crippen MR) is 84.6 cm³/mol. The molecule has 0 fully saturated rings. The van der Waals surface area contributed by atoms with Gasteiger partial charge >= 0.3 is 0 Å². The molecule has 0 aliphatic heterocycles. The van der Waals surface area contributed by atoms with Gasteiger partial charge in [-0.1, -0.05) is 18.2 Å². The Hall–Kier alpha value is -1.88. The molecule has 5 heteroatoms. The summed E-state index contributed by atoms with van der Waals surface area (Å²) < 4.78 is 26.3. The van der Waals surface area contributed by atoms with Crippen LogP contribution >= 0.6 is 11.8 Å². The molecule has 22 heavy (non-hydrogen) atoms. The van der Waals surface area contributed by atoms with E-state index >= 15 is 0 Å². The molecule has 0 radical (unpaired) electrons. The third-order valence-corrected chi connectivity index (χ3v) is 4.20. The molecular weight excluding hydrogens is 304 g/mol. The first-order valence-electron chi connectivity index (χ1n) is 6.92. The molecule has 0 aromatic heterocycles. The molecule has 0 saturated heterocycles. The zero-order chi connectivity index (χ0) is 15.9. The van der Waals surface area contributed by atoms with Gasteiger partial charge in [-0.25, -0.2) is 8.78 Å². The van der Waals surface area contributed by atoms with Crippen LogP contribution in [0.1, 0.15) is 12.0 Å². The number of carbonyl (C=O) groups is 1. The quantitative estimate of drug-likeness (QED) is 0.747.